The Bertz CT molecular complexity index is 1210. The van der Waals surface area contributed by atoms with Crippen LogP contribution in [0.15, 0.2) is 32.8 Å². The molecule has 1 aromatic carbocycles. The van der Waals surface area contributed by atoms with Crippen molar-refractivity contribution in [2.75, 3.05) is 0 Å². The Morgan fingerprint density at radius 3 is 2.59 bits per heavy atom. The fourth-order valence-electron chi connectivity index (χ4n) is 4.72. The zero-order chi connectivity index (χ0) is 25.0. The third-order valence-electron chi connectivity index (χ3n) is 6.26. The Labute approximate surface area is 196 Å². The molecule has 1 fully saturated rings. The van der Waals surface area contributed by atoms with Gasteiger partial charge in [0, 0.05) is 19.2 Å². The molecule has 186 valence electrons. The number of aliphatic carboxylic acids is 1. The van der Waals surface area contributed by atoms with Gasteiger partial charge in [0.05, 0.1) is 18.2 Å². The van der Waals surface area contributed by atoms with E-state index >= 15 is 0 Å². The first-order chi connectivity index (χ1) is 16.1. The summed E-state index contributed by atoms with van der Waals surface area (Å²) >= 11 is 0. The van der Waals surface area contributed by atoms with Gasteiger partial charge in [0.2, 0.25) is 5.62 Å². The Balaban J connectivity index is 2.10. The molecule has 3 atom stereocenters. The highest BCUT2D eigenvalue weighted by atomic mass is 19.1. The molecular formula is C24H33FN4O5. The van der Waals surface area contributed by atoms with E-state index in [9.17, 15) is 18.8 Å². The Morgan fingerprint density at radius 1 is 1.26 bits per heavy atom. The highest BCUT2D eigenvalue weighted by Gasteiger charge is 2.31. The number of nitrogens with zero attached hydrogens (tertiary/aromatic N) is 3. The SMILES string of the molecule is CC[C@@H]1C[C@H](C)CC1Cn1c(=O)n(CCC(=O)O)c(=O)[nH]/c1=N\c1ccc(OC(C)C)c(F)c1. The minimum atomic E-state index is -1.11. The first kappa shape index (κ1) is 25.5. The maximum Gasteiger partial charge on any atom is 0.334 e. The number of carbonyl (C=O) groups is 1. The summed E-state index contributed by atoms with van der Waals surface area (Å²) in [4.78, 5) is 43.9. The van der Waals surface area contributed by atoms with Crippen molar-refractivity contribution in [2.45, 2.75) is 72.6 Å². The summed E-state index contributed by atoms with van der Waals surface area (Å²) < 4.78 is 22.2. The fraction of sp³-hybridized carbons (Fsp3) is 0.583. The minimum absolute atomic E-state index is 0.00732. The molecule has 1 aliphatic carbocycles. The molecule has 0 bridgehead atoms. The van der Waals surface area contributed by atoms with E-state index < -0.39 is 23.2 Å². The lowest BCUT2D eigenvalue weighted by molar-refractivity contribution is -0.137. The topological polar surface area (TPSA) is 119 Å². The van der Waals surface area contributed by atoms with Gasteiger partial charge in [0.15, 0.2) is 11.6 Å². The van der Waals surface area contributed by atoms with Gasteiger partial charge in [-0.05, 0) is 56.6 Å². The van der Waals surface area contributed by atoms with Gasteiger partial charge in [-0.3, -0.25) is 14.3 Å². The molecule has 34 heavy (non-hydrogen) atoms. The summed E-state index contributed by atoms with van der Waals surface area (Å²) in [7, 11) is 0. The molecule has 1 unspecified atom stereocenters. The maximum atomic E-state index is 14.5. The lowest BCUT2D eigenvalue weighted by atomic mass is 9.93. The minimum Gasteiger partial charge on any atom is -0.488 e. The number of H-pyrrole nitrogens is 1. The Hall–Kier alpha value is -3.17. The number of hydrogen-bond acceptors (Lipinski definition) is 5. The average molecular weight is 477 g/mol. The molecule has 10 heteroatoms. The fourth-order valence-corrected chi connectivity index (χ4v) is 4.72. The molecule has 0 amide bonds. The van der Waals surface area contributed by atoms with E-state index in [1.54, 1.807) is 19.9 Å². The second kappa shape index (κ2) is 10.8. The lowest BCUT2D eigenvalue weighted by Gasteiger charge is -2.19. The first-order valence-corrected chi connectivity index (χ1v) is 11.8. The van der Waals surface area contributed by atoms with E-state index in [1.807, 2.05) is 0 Å². The van der Waals surface area contributed by atoms with Crippen molar-refractivity contribution in [3.05, 3.63) is 50.6 Å². The van der Waals surface area contributed by atoms with Gasteiger partial charge in [-0.25, -0.2) is 23.5 Å². The van der Waals surface area contributed by atoms with Crippen molar-refractivity contribution in [2.24, 2.45) is 22.7 Å². The van der Waals surface area contributed by atoms with E-state index in [1.165, 1.54) is 16.7 Å². The molecule has 0 saturated heterocycles. The van der Waals surface area contributed by atoms with Gasteiger partial charge in [-0.2, -0.15) is 0 Å². The highest BCUT2D eigenvalue weighted by Crippen LogP contribution is 2.38. The smallest absolute Gasteiger partial charge is 0.334 e. The van der Waals surface area contributed by atoms with Gasteiger partial charge in [0.25, 0.3) is 0 Å². The normalized spacial score (nSPS) is 20.8. The van der Waals surface area contributed by atoms with Crippen LogP contribution in [0.3, 0.4) is 0 Å². The monoisotopic (exact) mass is 476 g/mol. The number of halogens is 1. The number of rotatable bonds is 9. The summed E-state index contributed by atoms with van der Waals surface area (Å²) in [6.07, 6.45) is 2.41. The van der Waals surface area contributed by atoms with Crippen molar-refractivity contribution in [1.82, 2.24) is 14.1 Å². The quantitative estimate of drug-likeness (QED) is 0.577. The third kappa shape index (κ3) is 6.03. The molecule has 1 aromatic heterocycles. The van der Waals surface area contributed by atoms with Crippen LogP contribution in [0, 0.1) is 23.6 Å². The number of nitrogens with one attached hydrogen (secondary N) is 1. The number of benzene rings is 1. The zero-order valence-electron chi connectivity index (χ0n) is 20.1. The van der Waals surface area contributed by atoms with Crippen LogP contribution in [0.1, 0.15) is 53.4 Å². The maximum absolute atomic E-state index is 14.5. The first-order valence-electron chi connectivity index (χ1n) is 11.8. The van der Waals surface area contributed by atoms with Gasteiger partial charge in [-0.15, -0.1) is 0 Å². The summed E-state index contributed by atoms with van der Waals surface area (Å²) in [6, 6.07) is 4.19. The molecule has 0 spiro atoms. The summed E-state index contributed by atoms with van der Waals surface area (Å²) in [5, 5.41) is 9.01. The second-order valence-corrected chi connectivity index (χ2v) is 9.34. The molecular weight excluding hydrogens is 443 g/mol. The van der Waals surface area contributed by atoms with Crippen LogP contribution in [0.2, 0.25) is 0 Å². The number of aromatic amines is 1. The highest BCUT2D eigenvalue weighted by molar-refractivity contribution is 5.66. The van der Waals surface area contributed by atoms with Crippen LogP contribution in [-0.2, 0) is 17.9 Å². The van der Waals surface area contributed by atoms with Gasteiger partial charge >= 0.3 is 17.3 Å². The number of aromatic nitrogens is 3. The zero-order valence-corrected chi connectivity index (χ0v) is 20.1. The van der Waals surface area contributed by atoms with E-state index in [2.05, 4.69) is 23.8 Å². The molecule has 1 aliphatic rings. The van der Waals surface area contributed by atoms with Crippen molar-refractivity contribution < 1.29 is 19.0 Å². The van der Waals surface area contributed by atoms with Gasteiger partial charge in [-0.1, -0.05) is 20.3 Å². The van der Waals surface area contributed by atoms with Crippen molar-refractivity contribution in [3.63, 3.8) is 0 Å². The van der Waals surface area contributed by atoms with E-state index in [0.717, 1.165) is 23.8 Å². The summed E-state index contributed by atoms with van der Waals surface area (Å²) in [5.41, 5.74) is -1.16. The molecule has 9 nitrogen and oxygen atoms in total. The number of hydrogen-bond donors (Lipinski definition) is 2. The van der Waals surface area contributed by atoms with E-state index in [4.69, 9.17) is 9.84 Å². The number of carboxylic acid groups (broad SMARTS) is 1. The average Bonchev–Trinajstić information content (AvgIpc) is 3.11. The number of carboxylic acids is 1. The van der Waals surface area contributed by atoms with E-state index in [-0.39, 0.29) is 42.0 Å². The third-order valence-corrected chi connectivity index (χ3v) is 6.26. The van der Waals surface area contributed by atoms with Crippen molar-refractivity contribution in [3.8, 4) is 5.75 Å². The standard InChI is InChI=1S/C24H33FN4O5/c1-5-16-10-15(4)11-17(16)13-29-22(27-23(32)28(24(29)33)9-8-21(30)31)26-18-6-7-20(19(25)12-18)34-14(2)3/h6-7,12,14-17H,5,8-11,13H2,1-4H3,(H,30,31)(H,26,27,32)/t15-,16+,17?/m0/s1. The number of ether oxygens (including phenoxy) is 1. The largest absolute Gasteiger partial charge is 0.488 e. The molecule has 0 radical (unpaired) electrons. The van der Waals surface area contributed by atoms with Crippen LogP contribution in [0.5, 0.6) is 5.75 Å². The predicted molar refractivity (Wildman–Crippen MR) is 125 cm³/mol. The molecule has 1 saturated carbocycles. The van der Waals surface area contributed by atoms with Crippen LogP contribution < -0.4 is 21.7 Å². The molecule has 1 heterocycles. The van der Waals surface area contributed by atoms with E-state index in [0.29, 0.717) is 18.4 Å². The summed E-state index contributed by atoms with van der Waals surface area (Å²) in [5.74, 6) is -0.459. The Kier molecular flexibility index (Phi) is 8.11. The van der Waals surface area contributed by atoms with Crippen molar-refractivity contribution in [1.29, 1.82) is 0 Å². The summed E-state index contributed by atoms with van der Waals surface area (Å²) in [6.45, 7) is 7.96. The van der Waals surface area contributed by atoms with Crippen LogP contribution in [-0.4, -0.2) is 31.3 Å². The molecule has 2 N–H and O–H groups in total. The van der Waals surface area contributed by atoms with Crippen molar-refractivity contribution >= 4 is 11.7 Å². The van der Waals surface area contributed by atoms with Crippen LogP contribution >= 0.6 is 0 Å². The van der Waals surface area contributed by atoms with Gasteiger partial charge in [0.1, 0.15) is 0 Å². The van der Waals surface area contributed by atoms with Gasteiger partial charge < -0.3 is 9.84 Å². The lowest BCUT2D eigenvalue weighted by Crippen LogP contribution is -2.51. The van der Waals surface area contributed by atoms with Crippen LogP contribution in [0.25, 0.3) is 0 Å². The predicted octanol–water partition coefficient (Wildman–Crippen LogP) is 3.04. The molecule has 2 aromatic rings. The molecule has 3 rings (SSSR count). The Morgan fingerprint density at radius 2 is 1.97 bits per heavy atom. The second-order valence-electron chi connectivity index (χ2n) is 9.34. The van der Waals surface area contributed by atoms with Crippen LogP contribution in [0.4, 0.5) is 10.1 Å². The molecule has 0 aliphatic heterocycles.